The molecule has 0 aromatic heterocycles. The fourth-order valence-corrected chi connectivity index (χ4v) is 5.60. The van der Waals surface area contributed by atoms with Crippen LogP contribution >= 0.6 is 0 Å². The highest BCUT2D eigenvalue weighted by Crippen LogP contribution is 2.47. The van der Waals surface area contributed by atoms with Gasteiger partial charge in [-0.05, 0) is 65.4 Å². The van der Waals surface area contributed by atoms with Crippen LogP contribution < -0.4 is 4.90 Å². The molecule has 0 saturated carbocycles. The number of amides is 1. The molecule has 1 aliphatic rings. The summed E-state index contributed by atoms with van der Waals surface area (Å²) in [4.78, 5) is 15.6. The molecular formula is C32H22F9NO. The predicted molar refractivity (Wildman–Crippen MR) is 141 cm³/mol. The minimum atomic E-state index is -4.68. The first-order chi connectivity index (χ1) is 20.1. The number of nitrogens with zero attached hydrogens (tertiary/aromatic N) is 1. The number of halogens is 9. The van der Waals surface area contributed by atoms with Crippen LogP contribution in [0.5, 0.6) is 0 Å². The van der Waals surface area contributed by atoms with Gasteiger partial charge >= 0.3 is 18.5 Å². The van der Waals surface area contributed by atoms with Gasteiger partial charge in [-0.1, -0.05) is 66.7 Å². The van der Waals surface area contributed by atoms with Crippen molar-refractivity contribution in [3.05, 3.63) is 136 Å². The van der Waals surface area contributed by atoms with Gasteiger partial charge in [0.05, 0.1) is 28.7 Å². The van der Waals surface area contributed by atoms with Gasteiger partial charge in [0.1, 0.15) is 0 Å². The molecule has 0 atom stereocenters. The third kappa shape index (κ3) is 6.11. The Kier molecular flexibility index (Phi) is 7.56. The SMILES string of the molecule is O=C1N(Cc2cccc(C(F)(F)F)c2)c2ccccc2C1(Cc1cccc(C(F)(F)F)c1)Cc1cccc(C(F)(F)F)c1. The molecule has 0 bridgehead atoms. The van der Waals surface area contributed by atoms with E-state index in [2.05, 4.69) is 0 Å². The lowest BCUT2D eigenvalue weighted by Crippen LogP contribution is -2.43. The van der Waals surface area contributed by atoms with E-state index in [0.29, 0.717) is 11.3 Å². The van der Waals surface area contributed by atoms with Gasteiger partial charge in [-0.15, -0.1) is 0 Å². The van der Waals surface area contributed by atoms with Crippen LogP contribution in [0.3, 0.4) is 0 Å². The molecule has 224 valence electrons. The highest BCUT2D eigenvalue weighted by Gasteiger charge is 2.51. The summed E-state index contributed by atoms with van der Waals surface area (Å²) in [5.41, 5.74) is -3.47. The lowest BCUT2D eigenvalue weighted by Gasteiger charge is -2.30. The number of para-hydroxylation sites is 1. The van der Waals surface area contributed by atoms with Crippen molar-refractivity contribution in [2.45, 2.75) is 43.3 Å². The minimum Gasteiger partial charge on any atom is -0.307 e. The van der Waals surface area contributed by atoms with Gasteiger partial charge < -0.3 is 4.90 Å². The Morgan fingerprint density at radius 3 is 1.42 bits per heavy atom. The van der Waals surface area contributed by atoms with Crippen molar-refractivity contribution in [2.24, 2.45) is 0 Å². The van der Waals surface area contributed by atoms with E-state index in [1.54, 1.807) is 24.3 Å². The number of rotatable bonds is 6. The summed E-state index contributed by atoms with van der Waals surface area (Å²) < 4.78 is 122. The molecule has 0 spiro atoms. The summed E-state index contributed by atoms with van der Waals surface area (Å²) in [5, 5.41) is 0. The van der Waals surface area contributed by atoms with Gasteiger partial charge in [-0.3, -0.25) is 4.79 Å². The third-order valence-corrected chi connectivity index (χ3v) is 7.48. The highest BCUT2D eigenvalue weighted by molar-refractivity contribution is 6.08. The van der Waals surface area contributed by atoms with Gasteiger partial charge in [0.2, 0.25) is 5.91 Å². The number of hydrogen-bond acceptors (Lipinski definition) is 1. The molecule has 0 N–H and O–H groups in total. The molecule has 0 saturated heterocycles. The number of benzene rings is 4. The quantitative estimate of drug-likeness (QED) is 0.200. The lowest BCUT2D eigenvalue weighted by molar-refractivity contribution is -0.138. The van der Waals surface area contributed by atoms with E-state index in [0.717, 1.165) is 36.4 Å². The maximum absolute atomic E-state index is 14.4. The first-order valence-corrected chi connectivity index (χ1v) is 13.0. The number of alkyl halides is 9. The largest absolute Gasteiger partial charge is 0.416 e. The van der Waals surface area contributed by atoms with Crippen LogP contribution in [-0.2, 0) is 48.1 Å². The van der Waals surface area contributed by atoms with Crippen LogP contribution in [0.25, 0.3) is 0 Å². The number of carbonyl (C=O) groups is 1. The second-order valence-electron chi connectivity index (χ2n) is 10.4. The molecule has 0 fully saturated rings. The maximum atomic E-state index is 14.4. The van der Waals surface area contributed by atoms with Gasteiger partial charge in [0.25, 0.3) is 0 Å². The predicted octanol–water partition coefficient (Wildman–Crippen LogP) is 9.01. The summed E-state index contributed by atoms with van der Waals surface area (Å²) in [6.45, 7) is -0.299. The Balaban J connectivity index is 1.64. The standard InChI is InChI=1S/C32H22F9NO/c33-30(34,35)23-9-3-6-20(14-23)17-29(18-21-7-4-10-24(15-21)31(36,37)38)26-12-1-2-13-27(26)42(28(29)43)19-22-8-5-11-25(16-22)32(39,40)41/h1-16H,17-19H2. The van der Waals surface area contributed by atoms with Crippen LogP contribution in [0, 0.1) is 0 Å². The van der Waals surface area contributed by atoms with Crippen molar-refractivity contribution in [3.63, 3.8) is 0 Å². The smallest absolute Gasteiger partial charge is 0.307 e. The Bertz CT molecular complexity index is 1590. The maximum Gasteiger partial charge on any atom is 0.416 e. The second kappa shape index (κ2) is 10.8. The zero-order valence-electron chi connectivity index (χ0n) is 22.1. The van der Waals surface area contributed by atoms with E-state index in [1.165, 1.54) is 41.3 Å². The Morgan fingerprint density at radius 1 is 0.535 bits per heavy atom. The van der Waals surface area contributed by atoms with E-state index in [-0.39, 0.29) is 36.1 Å². The lowest BCUT2D eigenvalue weighted by atomic mass is 9.72. The molecule has 0 aliphatic carbocycles. The molecule has 0 unspecified atom stereocenters. The van der Waals surface area contributed by atoms with Gasteiger partial charge in [0.15, 0.2) is 0 Å². The van der Waals surface area contributed by atoms with Crippen molar-refractivity contribution in [1.82, 2.24) is 0 Å². The van der Waals surface area contributed by atoms with Crippen molar-refractivity contribution < 1.29 is 44.3 Å². The van der Waals surface area contributed by atoms with Crippen LogP contribution in [0.4, 0.5) is 45.2 Å². The molecule has 4 aromatic carbocycles. The Labute approximate surface area is 240 Å². The van der Waals surface area contributed by atoms with Gasteiger partial charge in [0, 0.05) is 5.69 Å². The van der Waals surface area contributed by atoms with Gasteiger partial charge in [-0.25, -0.2) is 0 Å². The Hall–Kier alpha value is -4.28. The zero-order valence-corrected chi connectivity index (χ0v) is 22.1. The first-order valence-electron chi connectivity index (χ1n) is 13.0. The van der Waals surface area contributed by atoms with Crippen LogP contribution in [0.15, 0.2) is 97.1 Å². The van der Waals surface area contributed by atoms with Crippen LogP contribution in [0.1, 0.15) is 38.9 Å². The summed E-state index contributed by atoms with van der Waals surface area (Å²) in [5.74, 6) is -0.652. The molecule has 43 heavy (non-hydrogen) atoms. The van der Waals surface area contributed by atoms with Crippen molar-refractivity contribution >= 4 is 11.6 Å². The second-order valence-corrected chi connectivity index (χ2v) is 10.4. The summed E-state index contributed by atoms with van der Waals surface area (Å²) in [6, 6.07) is 19.4. The number of hydrogen-bond donors (Lipinski definition) is 0. The van der Waals surface area contributed by atoms with E-state index in [1.807, 2.05) is 0 Å². The fraction of sp³-hybridized carbons (Fsp3) is 0.219. The zero-order chi connectivity index (χ0) is 31.2. The molecule has 0 radical (unpaired) electrons. The number of carbonyl (C=O) groups excluding carboxylic acids is 1. The summed E-state index contributed by atoms with van der Waals surface area (Å²) >= 11 is 0. The summed E-state index contributed by atoms with van der Waals surface area (Å²) in [7, 11) is 0. The molecule has 1 aliphatic heterocycles. The van der Waals surface area contributed by atoms with Crippen molar-refractivity contribution in [1.29, 1.82) is 0 Å². The van der Waals surface area contributed by atoms with Gasteiger partial charge in [-0.2, -0.15) is 39.5 Å². The highest BCUT2D eigenvalue weighted by atomic mass is 19.4. The molecule has 5 rings (SSSR count). The van der Waals surface area contributed by atoms with Crippen LogP contribution in [-0.4, -0.2) is 5.91 Å². The normalized spacial score (nSPS) is 15.1. The number of fused-ring (bicyclic) bond motifs is 1. The summed E-state index contributed by atoms with van der Waals surface area (Å²) in [6.07, 6.45) is -14.6. The Morgan fingerprint density at radius 2 is 0.953 bits per heavy atom. The average molecular weight is 608 g/mol. The average Bonchev–Trinajstić information content (AvgIpc) is 3.15. The van der Waals surface area contributed by atoms with Crippen molar-refractivity contribution in [3.8, 4) is 0 Å². The van der Waals surface area contributed by atoms with Crippen molar-refractivity contribution in [2.75, 3.05) is 4.90 Å². The molecule has 1 amide bonds. The molecular weight excluding hydrogens is 585 g/mol. The number of anilines is 1. The molecule has 11 heteroatoms. The molecule has 4 aromatic rings. The third-order valence-electron chi connectivity index (χ3n) is 7.48. The minimum absolute atomic E-state index is 0.117. The topological polar surface area (TPSA) is 20.3 Å². The van der Waals surface area contributed by atoms with E-state index >= 15 is 0 Å². The molecule has 1 heterocycles. The van der Waals surface area contributed by atoms with E-state index in [9.17, 15) is 44.3 Å². The van der Waals surface area contributed by atoms with E-state index < -0.39 is 46.5 Å². The fourth-order valence-electron chi connectivity index (χ4n) is 5.60. The monoisotopic (exact) mass is 607 g/mol. The molecule has 2 nitrogen and oxygen atoms in total. The first kappa shape index (κ1) is 30.2. The van der Waals surface area contributed by atoms with E-state index in [4.69, 9.17) is 0 Å². The van der Waals surface area contributed by atoms with Crippen LogP contribution in [0.2, 0.25) is 0 Å².